The van der Waals surface area contributed by atoms with Crippen LogP contribution >= 0.6 is 0 Å². The second-order valence-corrected chi connectivity index (χ2v) is 7.64. The standard InChI is InChI=1S/C19H23N3O2.C8H8F2/c1-3-16(13-20-10-9-15-7-5-4-6-8-15)17-11-18(19(23)22-24)21-12-14(17)2;1-2-6-3-4-7(9)5-8(6)10/h3-8,11-12,20,24H,9-10,13H2,1-2H3,(H,22,23);3-5H,2H2,1H3/b16-3-;. The Morgan fingerprint density at radius 2 is 1.85 bits per heavy atom. The van der Waals surface area contributed by atoms with Crippen LogP contribution in [0.2, 0.25) is 0 Å². The van der Waals surface area contributed by atoms with E-state index < -0.39 is 17.5 Å². The van der Waals surface area contributed by atoms with E-state index in [2.05, 4.69) is 22.4 Å². The maximum atomic E-state index is 12.6. The van der Waals surface area contributed by atoms with Crippen molar-refractivity contribution in [2.24, 2.45) is 0 Å². The molecule has 0 saturated heterocycles. The molecule has 1 aromatic heterocycles. The van der Waals surface area contributed by atoms with Gasteiger partial charge in [0.05, 0.1) is 0 Å². The van der Waals surface area contributed by atoms with Crippen molar-refractivity contribution in [2.45, 2.75) is 33.6 Å². The third-order valence-electron chi connectivity index (χ3n) is 5.28. The number of allylic oxidation sites excluding steroid dienone is 1. The Kier molecular flexibility index (Phi) is 11.0. The molecule has 3 aromatic rings. The van der Waals surface area contributed by atoms with Crippen molar-refractivity contribution in [2.75, 3.05) is 13.1 Å². The first-order valence-corrected chi connectivity index (χ1v) is 11.1. The molecule has 34 heavy (non-hydrogen) atoms. The maximum Gasteiger partial charge on any atom is 0.293 e. The van der Waals surface area contributed by atoms with Crippen molar-refractivity contribution >= 4 is 11.5 Å². The van der Waals surface area contributed by atoms with Crippen molar-refractivity contribution < 1.29 is 18.8 Å². The van der Waals surface area contributed by atoms with Gasteiger partial charge in [0, 0.05) is 18.8 Å². The van der Waals surface area contributed by atoms with E-state index in [-0.39, 0.29) is 5.69 Å². The summed E-state index contributed by atoms with van der Waals surface area (Å²) < 4.78 is 24.9. The van der Waals surface area contributed by atoms with Crippen LogP contribution in [0, 0.1) is 18.6 Å². The maximum absolute atomic E-state index is 12.6. The molecule has 0 fully saturated rings. The van der Waals surface area contributed by atoms with Gasteiger partial charge in [0.15, 0.2) is 0 Å². The van der Waals surface area contributed by atoms with Crippen molar-refractivity contribution in [3.8, 4) is 0 Å². The molecule has 0 spiro atoms. The summed E-state index contributed by atoms with van der Waals surface area (Å²) in [5, 5.41) is 12.2. The van der Waals surface area contributed by atoms with Crippen LogP contribution in [0.4, 0.5) is 8.78 Å². The van der Waals surface area contributed by atoms with Crippen LogP contribution in [-0.2, 0) is 12.8 Å². The van der Waals surface area contributed by atoms with Crippen LogP contribution in [0.5, 0.6) is 0 Å². The molecule has 5 nitrogen and oxygen atoms in total. The van der Waals surface area contributed by atoms with Gasteiger partial charge in [0.25, 0.3) is 5.91 Å². The van der Waals surface area contributed by atoms with E-state index in [0.29, 0.717) is 18.5 Å². The Morgan fingerprint density at radius 1 is 1.12 bits per heavy atom. The number of benzene rings is 2. The first-order valence-electron chi connectivity index (χ1n) is 11.1. The van der Waals surface area contributed by atoms with E-state index in [1.807, 2.05) is 45.0 Å². The highest BCUT2D eigenvalue weighted by Gasteiger charge is 2.11. The lowest BCUT2D eigenvalue weighted by Gasteiger charge is -2.13. The lowest BCUT2D eigenvalue weighted by Crippen LogP contribution is -2.22. The fraction of sp³-hybridized carbons (Fsp3) is 0.259. The molecule has 7 heteroatoms. The van der Waals surface area contributed by atoms with Gasteiger partial charge in [0.1, 0.15) is 17.3 Å². The number of pyridine rings is 1. The minimum atomic E-state index is -0.608. The summed E-state index contributed by atoms with van der Waals surface area (Å²) in [6.45, 7) is 7.33. The molecule has 0 atom stereocenters. The van der Waals surface area contributed by atoms with E-state index in [9.17, 15) is 13.6 Å². The third-order valence-corrected chi connectivity index (χ3v) is 5.28. The molecule has 3 N–H and O–H groups in total. The first kappa shape index (κ1) is 26.8. The number of hydrogen-bond donors (Lipinski definition) is 3. The van der Waals surface area contributed by atoms with E-state index in [0.717, 1.165) is 35.7 Å². The van der Waals surface area contributed by atoms with E-state index in [4.69, 9.17) is 5.21 Å². The zero-order valence-electron chi connectivity index (χ0n) is 19.7. The topological polar surface area (TPSA) is 74.2 Å². The van der Waals surface area contributed by atoms with Gasteiger partial charge in [-0.3, -0.25) is 15.0 Å². The number of aromatic nitrogens is 1. The summed E-state index contributed by atoms with van der Waals surface area (Å²) in [7, 11) is 0. The monoisotopic (exact) mass is 467 g/mol. The van der Waals surface area contributed by atoms with Gasteiger partial charge < -0.3 is 5.32 Å². The van der Waals surface area contributed by atoms with E-state index in [1.165, 1.54) is 17.7 Å². The molecule has 3 rings (SSSR count). The number of carbonyl (C=O) groups is 1. The van der Waals surface area contributed by atoms with Crippen LogP contribution in [0.25, 0.3) is 5.57 Å². The molecular weight excluding hydrogens is 436 g/mol. The van der Waals surface area contributed by atoms with E-state index >= 15 is 0 Å². The lowest BCUT2D eigenvalue weighted by molar-refractivity contribution is 0.0700. The molecule has 0 aliphatic rings. The van der Waals surface area contributed by atoms with Gasteiger partial charge in [-0.1, -0.05) is 49.4 Å². The number of hydrogen-bond acceptors (Lipinski definition) is 4. The normalized spacial score (nSPS) is 10.9. The van der Waals surface area contributed by atoms with Crippen LogP contribution < -0.4 is 10.8 Å². The van der Waals surface area contributed by atoms with Crippen LogP contribution in [0.3, 0.4) is 0 Å². The molecule has 180 valence electrons. The predicted octanol–water partition coefficient (Wildman–Crippen LogP) is 5.27. The molecule has 0 bridgehead atoms. The number of carbonyl (C=O) groups excluding carboxylic acids is 1. The number of amides is 1. The largest absolute Gasteiger partial charge is 0.312 e. The molecule has 1 amide bonds. The molecular formula is C27H31F2N3O2. The Morgan fingerprint density at radius 3 is 2.47 bits per heavy atom. The van der Waals surface area contributed by atoms with Crippen LogP contribution in [0.1, 0.15) is 46.6 Å². The fourth-order valence-electron chi connectivity index (χ4n) is 3.31. The second-order valence-electron chi connectivity index (χ2n) is 7.64. The quantitative estimate of drug-likeness (QED) is 0.240. The van der Waals surface area contributed by atoms with Crippen molar-refractivity contribution in [3.05, 3.63) is 106 Å². The van der Waals surface area contributed by atoms with E-state index in [1.54, 1.807) is 17.7 Å². The van der Waals surface area contributed by atoms with Crippen molar-refractivity contribution in [3.63, 3.8) is 0 Å². The van der Waals surface area contributed by atoms with Crippen molar-refractivity contribution in [1.82, 2.24) is 15.8 Å². The number of nitrogens with zero attached hydrogens (tertiary/aromatic N) is 1. The highest BCUT2D eigenvalue weighted by molar-refractivity contribution is 5.92. The number of nitrogens with one attached hydrogen (secondary N) is 2. The van der Waals surface area contributed by atoms with Crippen LogP contribution in [-0.4, -0.2) is 29.2 Å². The summed E-state index contributed by atoms with van der Waals surface area (Å²) in [4.78, 5) is 15.6. The molecule has 0 saturated carbocycles. The number of hydroxylamine groups is 1. The Bertz CT molecular complexity index is 1100. The Balaban J connectivity index is 0.000000340. The van der Waals surface area contributed by atoms with Gasteiger partial charge in [-0.05, 0) is 73.2 Å². The Labute approximate surface area is 199 Å². The lowest BCUT2D eigenvalue weighted by atomic mass is 10.0. The Hall–Kier alpha value is -3.42. The predicted molar refractivity (Wildman–Crippen MR) is 131 cm³/mol. The summed E-state index contributed by atoms with van der Waals surface area (Å²) in [6.07, 6.45) is 5.24. The minimum Gasteiger partial charge on any atom is -0.312 e. The van der Waals surface area contributed by atoms with Crippen LogP contribution in [0.15, 0.2) is 66.9 Å². The van der Waals surface area contributed by atoms with Gasteiger partial charge in [-0.15, -0.1) is 0 Å². The molecule has 0 radical (unpaired) electrons. The third kappa shape index (κ3) is 8.17. The molecule has 0 aliphatic heterocycles. The smallest absolute Gasteiger partial charge is 0.293 e. The summed E-state index contributed by atoms with van der Waals surface area (Å²) in [6, 6.07) is 15.7. The van der Waals surface area contributed by atoms with Gasteiger partial charge >= 0.3 is 0 Å². The highest BCUT2D eigenvalue weighted by Crippen LogP contribution is 2.19. The summed E-state index contributed by atoms with van der Waals surface area (Å²) in [5.41, 5.74) is 6.71. The second kappa shape index (κ2) is 14.0. The minimum absolute atomic E-state index is 0.196. The number of rotatable bonds is 8. The van der Waals surface area contributed by atoms with Gasteiger partial charge in [-0.2, -0.15) is 0 Å². The fourth-order valence-corrected chi connectivity index (χ4v) is 3.31. The SMILES string of the molecule is C/C=C(/CNCCc1ccccc1)c1cc(C(=O)NO)ncc1C.CCc1ccc(F)cc1F. The summed E-state index contributed by atoms with van der Waals surface area (Å²) >= 11 is 0. The zero-order valence-corrected chi connectivity index (χ0v) is 19.7. The molecule has 1 heterocycles. The average molecular weight is 468 g/mol. The number of aryl methyl sites for hydroxylation is 2. The number of halogens is 2. The molecule has 0 aliphatic carbocycles. The highest BCUT2D eigenvalue weighted by atomic mass is 19.1. The first-order chi connectivity index (χ1) is 16.4. The van der Waals surface area contributed by atoms with Gasteiger partial charge in [-0.25, -0.2) is 14.3 Å². The zero-order chi connectivity index (χ0) is 24.9. The average Bonchev–Trinajstić information content (AvgIpc) is 2.85. The van der Waals surface area contributed by atoms with Crippen molar-refractivity contribution in [1.29, 1.82) is 0 Å². The molecule has 2 aromatic carbocycles. The van der Waals surface area contributed by atoms with Gasteiger partial charge in [0.2, 0.25) is 0 Å². The molecule has 0 unspecified atom stereocenters. The summed E-state index contributed by atoms with van der Waals surface area (Å²) in [5.74, 6) is -1.58.